The number of aromatic hydroxyl groups is 1. The summed E-state index contributed by atoms with van der Waals surface area (Å²) in [6.45, 7) is 10.7. The number of benzene rings is 2. The fourth-order valence-corrected chi connectivity index (χ4v) is 4.47. The van der Waals surface area contributed by atoms with E-state index >= 15 is 0 Å². The van der Waals surface area contributed by atoms with Crippen molar-refractivity contribution in [2.24, 2.45) is 0 Å². The molecule has 7 nitrogen and oxygen atoms in total. The molecule has 0 spiro atoms. The molecule has 3 rings (SSSR count). The molecule has 1 fully saturated rings. The first-order valence-electron chi connectivity index (χ1n) is 12.5. The van der Waals surface area contributed by atoms with Crippen LogP contribution >= 0.6 is 0 Å². The van der Waals surface area contributed by atoms with Gasteiger partial charge in [0.25, 0.3) is 11.7 Å². The number of aliphatic hydroxyl groups is 1. The zero-order chi connectivity index (χ0) is 26.6. The molecule has 0 aliphatic carbocycles. The first-order chi connectivity index (χ1) is 17.0. The average Bonchev–Trinajstić information content (AvgIpc) is 3.09. The number of carbonyl (C=O) groups excluding carboxylic acids is 2. The van der Waals surface area contributed by atoms with Gasteiger partial charge in [-0.15, -0.1) is 0 Å². The van der Waals surface area contributed by atoms with Crippen molar-refractivity contribution in [2.45, 2.75) is 65.3 Å². The van der Waals surface area contributed by atoms with Crippen molar-refractivity contribution in [3.8, 4) is 17.2 Å². The number of phenols is 1. The van der Waals surface area contributed by atoms with Crippen LogP contribution in [0.25, 0.3) is 5.76 Å². The Hall–Kier alpha value is -3.48. The lowest BCUT2D eigenvalue weighted by molar-refractivity contribution is -0.139. The van der Waals surface area contributed by atoms with Crippen LogP contribution in [0, 0.1) is 0 Å². The Labute approximate surface area is 213 Å². The minimum absolute atomic E-state index is 0.00556. The topological polar surface area (TPSA) is 96.3 Å². The fourth-order valence-electron chi connectivity index (χ4n) is 4.47. The molecule has 1 amide bonds. The molecule has 1 unspecified atom stereocenters. The Morgan fingerprint density at radius 1 is 1.03 bits per heavy atom. The summed E-state index contributed by atoms with van der Waals surface area (Å²) in [6.07, 6.45) is 2.58. The Bertz CT molecular complexity index is 1160. The number of ketones is 1. The van der Waals surface area contributed by atoms with Gasteiger partial charge in [-0.3, -0.25) is 9.59 Å². The van der Waals surface area contributed by atoms with Crippen LogP contribution in [0.3, 0.4) is 0 Å². The second-order valence-corrected chi connectivity index (χ2v) is 10.0. The maximum absolute atomic E-state index is 13.4. The summed E-state index contributed by atoms with van der Waals surface area (Å²) in [5, 5.41) is 21.8. The van der Waals surface area contributed by atoms with Crippen molar-refractivity contribution in [2.75, 3.05) is 20.3 Å². The maximum Gasteiger partial charge on any atom is 0.295 e. The number of Topliss-reactive ketones (excluding diaryl/α,β-unsaturated/α-hetero) is 1. The summed E-state index contributed by atoms with van der Waals surface area (Å²) in [5.74, 6) is -1.08. The zero-order valence-electron chi connectivity index (χ0n) is 22.1. The van der Waals surface area contributed by atoms with Crippen molar-refractivity contribution in [1.82, 2.24) is 4.90 Å². The van der Waals surface area contributed by atoms with E-state index in [1.54, 1.807) is 31.2 Å². The average molecular weight is 496 g/mol. The van der Waals surface area contributed by atoms with Crippen molar-refractivity contribution >= 4 is 17.4 Å². The number of methoxy groups -OCH3 is 1. The SMILES string of the molecule is CCCCCN1C(=O)C(=O)/C(=C(/O)c2cc(C(C)(C)C)ccc2OC)C1c1ccc(O)c(OCC)c1. The van der Waals surface area contributed by atoms with Gasteiger partial charge in [0, 0.05) is 6.54 Å². The number of carbonyl (C=O) groups is 2. The smallest absolute Gasteiger partial charge is 0.295 e. The predicted molar refractivity (Wildman–Crippen MR) is 140 cm³/mol. The first-order valence-corrected chi connectivity index (χ1v) is 12.5. The van der Waals surface area contributed by atoms with Crippen LogP contribution in [0.2, 0.25) is 0 Å². The number of rotatable bonds is 9. The van der Waals surface area contributed by atoms with Crippen molar-refractivity contribution in [3.05, 3.63) is 58.7 Å². The molecule has 0 bridgehead atoms. The van der Waals surface area contributed by atoms with Crippen molar-refractivity contribution in [3.63, 3.8) is 0 Å². The summed E-state index contributed by atoms with van der Waals surface area (Å²) < 4.78 is 11.1. The van der Waals surface area contributed by atoms with Gasteiger partial charge in [0.15, 0.2) is 11.5 Å². The highest BCUT2D eigenvalue weighted by atomic mass is 16.5. The monoisotopic (exact) mass is 495 g/mol. The van der Waals surface area contributed by atoms with E-state index in [4.69, 9.17) is 9.47 Å². The Morgan fingerprint density at radius 2 is 1.75 bits per heavy atom. The van der Waals surface area contributed by atoms with Crippen LogP contribution in [-0.2, 0) is 15.0 Å². The number of unbranched alkanes of at least 4 members (excludes halogenated alkanes) is 2. The van der Waals surface area contributed by atoms with E-state index in [9.17, 15) is 19.8 Å². The molecule has 0 radical (unpaired) electrons. The van der Waals surface area contributed by atoms with Gasteiger partial charge in [0.1, 0.15) is 11.5 Å². The number of nitrogens with zero attached hydrogens (tertiary/aromatic N) is 1. The summed E-state index contributed by atoms with van der Waals surface area (Å²) in [5.41, 5.74) is 1.65. The van der Waals surface area contributed by atoms with E-state index in [2.05, 4.69) is 27.7 Å². The van der Waals surface area contributed by atoms with Gasteiger partial charge in [0.2, 0.25) is 0 Å². The lowest BCUT2D eigenvalue weighted by Crippen LogP contribution is -2.30. The summed E-state index contributed by atoms with van der Waals surface area (Å²) in [4.78, 5) is 28.1. The molecule has 1 heterocycles. The third-order valence-electron chi connectivity index (χ3n) is 6.46. The second-order valence-electron chi connectivity index (χ2n) is 10.0. The molecular weight excluding hydrogens is 458 g/mol. The van der Waals surface area contributed by atoms with Gasteiger partial charge in [-0.25, -0.2) is 0 Å². The molecule has 0 aromatic heterocycles. The van der Waals surface area contributed by atoms with Gasteiger partial charge in [-0.1, -0.05) is 52.7 Å². The van der Waals surface area contributed by atoms with Gasteiger partial charge in [-0.2, -0.15) is 0 Å². The van der Waals surface area contributed by atoms with E-state index in [1.165, 1.54) is 18.1 Å². The highest BCUT2D eigenvalue weighted by molar-refractivity contribution is 6.46. The van der Waals surface area contributed by atoms with E-state index < -0.39 is 17.7 Å². The standard InChI is InChI=1S/C29H37NO6/c1-7-9-10-15-30-25(18-11-13-21(31)23(16-18)36-8-2)24(27(33)28(30)34)26(32)20-17-19(29(3,4)5)12-14-22(20)35-6/h11-14,16-17,25,31-32H,7-10,15H2,1-6H3/b26-24+. The van der Waals surface area contributed by atoms with Crippen LogP contribution in [0.15, 0.2) is 42.0 Å². The van der Waals surface area contributed by atoms with E-state index in [0.717, 1.165) is 24.8 Å². The highest BCUT2D eigenvalue weighted by Gasteiger charge is 2.46. The van der Waals surface area contributed by atoms with Crippen LogP contribution in [-0.4, -0.2) is 47.1 Å². The highest BCUT2D eigenvalue weighted by Crippen LogP contribution is 2.43. The Balaban J connectivity index is 2.25. The Kier molecular flexibility index (Phi) is 8.33. The maximum atomic E-state index is 13.4. The Morgan fingerprint density at radius 3 is 2.36 bits per heavy atom. The molecule has 1 aliphatic heterocycles. The lowest BCUT2D eigenvalue weighted by Gasteiger charge is -2.26. The summed E-state index contributed by atoms with van der Waals surface area (Å²) >= 11 is 0. The molecule has 2 N–H and O–H groups in total. The molecule has 1 saturated heterocycles. The fraction of sp³-hybridized carbons (Fsp3) is 0.448. The largest absolute Gasteiger partial charge is 0.507 e. The van der Waals surface area contributed by atoms with Gasteiger partial charge < -0.3 is 24.6 Å². The van der Waals surface area contributed by atoms with Crippen LogP contribution < -0.4 is 9.47 Å². The first kappa shape index (κ1) is 27.1. The predicted octanol–water partition coefficient (Wildman–Crippen LogP) is 5.71. The molecular formula is C29H37NO6. The third kappa shape index (κ3) is 5.35. The molecule has 7 heteroatoms. The van der Waals surface area contributed by atoms with E-state index in [1.807, 2.05) is 6.07 Å². The third-order valence-corrected chi connectivity index (χ3v) is 6.46. The number of aliphatic hydroxyl groups excluding tert-OH is 1. The van der Waals surface area contributed by atoms with Crippen LogP contribution in [0.5, 0.6) is 17.2 Å². The molecule has 0 saturated carbocycles. The second kappa shape index (κ2) is 11.1. The number of likely N-dealkylation sites (tertiary alicyclic amines) is 1. The quantitative estimate of drug-likeness (QED) is 0.200. The zero-order valence-corrected chi connectivity index (χ0v) is 22.1. The van der Waals surface area contributed by atoms with Gasteiger partial charge in [0.05, 0.1) is 30.9 Å². The van der Waals surface area contributed by atoms with Gasteiger partial charge >= 0.3 is 0 Å². The molecule has 2 aromatic carbocycles. The van der Waals surface area contributed by atoms with E-state index in [0.29, 0.717) is 30.0 Å². The molecule has 1 atom stereocenters. The number of hydrogen-bond donors (Lipinski definition) is 2. The van der Waals surface area contributed by atoms with Gasteiger partial charge in [-0.05, 0) is 54.2 Å². The normalized spacial score (nSPS) is 17.5. The molecule has 2 aromatic rings. The molecule has 194 valence electrons. The van der Waals surface area contributed by atoms with Crippen LogP contribution in [0.4, 0.5) is 0 Å². The number of ether oxygens (including phenoxy) is 2. The number of phenolic OH excluding ortho intramolecular Hbond substituents is 1. The van der Waals surface area contributed by atoms with Crippen LogP contribution in [0.1, 0.15) is 76.6 Å². The summed E-state index contributed by atoms with van der Waals surface area (Å²) in [6, 6.07) is 9.41. The van der Waals surface area contributed by atoms with Crippen molar-refractivity contribution < 1.29 is 29.3 Å². The minimum Gasteiger partial charge on any atom is -0.507 e. The molecule has 36 heavy (non-hydrogen) atoms. The van der Waals surface area contributed by atoms with Crippen molar-refractivity contribution in [1.29, 1.82) is 0 Å². The molecule has 1 aliphatic rings. The summed E-state index contributed by atoms with van der Waals surface area (Å²) in [7, 11) is 1.50. The minimum atomic E-state index is -0.829. The van der Waals surface area contributed by atoms with E-state index in [-0.39, 0.29) is 28.2 Å². The number of hydrogen-bond acceptors (Lipinski definition) is 6. The number of amides is 1. The lowest BCUT2D eigenvalue weighted by atomic mass is 9.85.